The summed E-state index contributed by atoms with van der Waals surface area (Å²) in [6.07, 6.45) is 1.46. The topological polar surface area (TPSA) is 70.2 Å². The highest BCUT2D eigenvalue weighted by atomic mass is 32.2. The molecule has 0 atom stereocenters. The Labute approximate surface area is 148 Å². The lowest BCUT2D eigenvalue weighted by Gasteiger charge is -2.04. The van der Waals surface area contributed by atoms with Crippen molar-refractivity contribution in [3.63, 3.8) is 0 Å². The average Bonchev–Trinajstić information content (AvgIpc) is 3.21. The van der Waals surface area contributed by atoms with Crippen molar-refractivity contribution in [3.8, 4) is 11.4 Å². The molecule has 0 N–H and O–H groups in total. The second kappa shape index (κ2) is 7.52. The van der Waals surface area contributed by atoms with E-state index in [0.29, 0.717) is 34.7 Å². The van der Waals surface area contributed by atoms with E-state index in [-0.39, 0.29) is 5.82 Å². The van der Waals surface area contributed by atoms with E-state index in [4.69, 9.17) is 9.15 Å². The van der Waals surface area contributed by atoms with Gasteiger partial charge in [-0.2, -0.15) is 0 Å². The lowest BCUT2D eigenvalue weighted by atomic mass is 10.2. The van der Waals surface area contributed by atoms with Gasteiger partial charge >= 0.3 is 5.97 Å². The molecule has 0 bridgehead atoms. The number of thioether (sulfide) groups is 1. The normalized spacial score (nSPS) is 10.8. The van der Waals surface area contributed by atoms with Gasteiger partial charge in [-0.15, -0.1) is 10.2 Å². The summed E-state index contributed by atoms with van der Waals surface area (Å²) in [5.74, 6) is 0.861. The van der Waals surface area contributed by atoms with Gasteiger partial charge in [-0.3, -0.25) is 0 Å². The summed E-state index contributed by atoms with van der Waals surface area (Å²) in [6.45, 7) is 2.06. The van der Waals surface area contributed by atoms with E-state index in [1.807, 2.05) is 11.6 Å². The molecule has 0 aliphatic rings. The summed E-state index contributed by atoms with van der Waals surface area (Å²) in [6, 6.07) is 7.66. The molecule has 8 heteroatoms. The van der Waals surface area contributed by atoms with Gasteiger partial charge < -0.3 is 13.7 Å². The Balaban J connectivity index is 1.74. The quantitative estimate of drug-likeness (QED) is 0.493. The van der Waals surface area contributed by atoms with E-state index in [2.05, 4.69) is 10.2 Å². The molecule has 3 aromatic rings. The Morgan fingerprint density at radius 3 is 2.76 bits per heavy atom. The van der Waals surface area contributed by atoms with Gasteiger partial charge in [0.2, 0.25) is 0 Å². The van der Waals surface area contributed by atoms with Crippen LogP contribution in [0.5, 0.6) is 0 Å². The number of esters is 1. The maximum absolute atomic E-state index is 13.0. The predicted molar refractivity (Wildman–Crippen MR) is 90.6 cm³/mol. The Morgan fingerprint density at radius 2 is 2.04 bits per heavy atom. The van der Waals surface area contributed by atoms with Crippen molar-refractivity contribution in [1.82, 2.24) is 14.8 Å². The highest BCUT2D eigenvalue weighted by molar-refractivity contribution is 7.98. The maximum Gasteiger partial charge on any atom is 0.341 e. The summed E-state index contributed by atoms with van der Waals surface area (Å²) >= 11 is 1.39. The second-order valence-electron chi connectivity index (χ2n) is 5.14. The van der Waals surface area contributed by atoms with Crippen molar-refractivity contribution in [2.45, 2.75) is 17.8 Å². The molecule has 0 spiro atoms. The molecule has 0 unspecified atom stereocenters. The number of furan rings is 1. The van der Waals surface area contributed by atoms with Crippen molar-refractivity contribution in [1.29, 1.82) is 0 Å². The molecule has 1 aromatic carbocycles. The fourth-order valence-corrected chi connectivity index (χ4v) is 3.13. The molecular weight excluding hydrogens is 345 g/mol. The minimum atomic E-state index is -0.406. The lowest BCUT2D eigenvalue weighted by molar-refractivity contribution is 0.0524. The average molecular weight is 361 g/mol. The number of benzene rings is 1. The van der Waals surface area contributed by atoms with Gasteiger partial charge in [-0.05, 0) is 37.3 Å². The zero-order valence-electron chi connectivity index (χ0n) is 13.7. The predicted octanol–water partition coefficient (Wildman–Crippen LogP) is 3.68. The van der Waals surface area contributed by atoms with Gasteiger partial charge in [0.15, 0.2) is 11.0 Å². The molecule has 0 fully saturated rings. The summed E-state index contributed by atoms with van der Waals surface area (Å²) < 4.78 is 25.2. The van der Waals surface area contributed by atoms with E-state index < -0.39 is 5.97 Å². The molecule has 0 aliphatic heterocycles. The van der Waals surface area contributed by atoms with Crippen LogP contribution in [0.2, 0.25) is 0 Å². The second-order valence-corrected chi connectivity index (χ2v) is 6.08. The van der Waals surface area contributed by atoms with Crippen LogP contribution >= 0.6 is 11.8 Å². The number of aromatic nitrogens is 3. The summed E-state index contributed by atoms with van der Waals surface area (Å²) in [5, 5.41) is 8.96. The van der Waals surface area contributed by atoms with Crippen LogP contribution in [0.4, 0.5) is 4.39 Å². The Kier molecular flexibility index (Phi) is 5.18. The van der Waals surface area contributed by atoms with Gasteiger partial charge in [0, 0.05) is 12.6 Å². The SMILES string of the molecule is CCOC(=O)c1ccoc1CSc1nnc(-c2ccc(F)cc2)n1C. The summed E-state index contributed by atoms with van der Waals surface area (Å²) in [7, 11) is 1.83. The molecule has 130 valence electrons. The van der Waals surface area contributed by atoms with Crippen molar-refractivity contribution in [3.05, 3.63) is 53.7 Å². The molecule has 0 amide bonds. The fourth-order valence-electron chi connectivity index (χ4n) is 2.26. The van der Waals surface area contributed by atoms with Crippen LogP contribution in [-0.2, 0) is 17.5 Å². The number of halogens is 1. The lowest BCUT2D eigenvalue weighted by Crippen LogP contribution is -2.05. The molecule has 2 heterocycles. The number of rotatable bonds is 6. The van der Waals surface area contributed by atoms with Gasteiger partial charge in [0.1, 0.15) is 17.1 Å². The number of hydrogen-bond acceptors (Lipinski definition) is 6. The van der Waals surface area contributed by atoms with E-state index in [1.54, 1.807) is 25.1 Å². The molecule has 3 rings (SSSR count). The first-order valence-electron chi connectivity index (χ1n) is 7.61. The minimum absolute atomic E-state index is 0.301. The highest BCUT2D eigenvalue weighted by Gasteiger charge is 2.18. The molecule has 0 aliphatic carbocycles. The standard InChI is InChI=1S/C17H16FN3O3S/c1-3-23-16(22)13-8-9-24-14(13)10-25-17-20-19-15(21(17)2)11-4-6-12(18)7-5-11/h4-9H,3,10H2,1-2H3. The molecule has 0 radical (unpaired) electrons. The molecule has 2 aromatic heterocycles. The number of hydrogen-bond donors (Lipinski definition) is 0. The Morgan fingerprint density at radius 1 is 1.28 bits per heavy atom. The highest BCUT2D eigenvalue weighted by Crippen LogP contribution is 2.27. The first-order valence-corrected chi connectivity index (χ1v) is 8.60. The van der Waals surface area contributed by atoms with Crippen molar-refractivity contribution < 1.29 is 18.3 Å². The zero-order chi connectivity index (χ0) is 17.8. The summed E-state index contributed by atoms with van der Waals surface area (Å²) in [4.78, 5) is 11.9. The molecular formula is C17H16FN3O3S. The van der Waals surface area contributed by atoms with E-state index in [1.165, 1.54) is 30.2 Å². The number of carbonyl (C=O) groups excluding carboxylic acids is 1. The smallest absolute Gasteiger partial charge is 0.341 e. The first kappa shape index (κ1) is 17.2. The molecule has 0 saturated carbocycles. The van der Waals surface area contributed by atoms with Gasteiger partial charge in [0.05, 0.1) is 18.6 Å². The molecule has 6 nitrogen and oxygen atoms in total. The largest absolute Gasteiger partial charge is 0.468 e. The third kappa shape index (κ3) is 3.74. The van der Waals surface area contributed by atoms with Crippen LogP contribution in [-0.4, -0.2) is 27.3 Å². The van der Waals surface area contributed by atoms with Gasteiger partial charge in [-0.1, -0.05) is 11.8 Å². The van der Waals surface area contributed by atoms with Gasteiger partial charge in [-0.25, -0.2) is 9.18 Å². The van der Waals surface area contributed by atoms with E-state index in [0.717, 1.165) is 5.56 Å². The van der Waals surface area contributed by atoms with Crippen LogP contribution in [0.25, 0.3) is 11.4 Å². The fraction of sp³-hybridized carbons (Fsp3) is 0.235. The number of ether oxygens (including phenoxy) is 1. The van der Waals surface area contributed by atoms with Crippen molar-refractivity contribution >= 4 is 17.7 Å². The van der Waals surface area contributed by atoms with Gasteiger partial charge in [0.25, 0.3) is 0 Å². The maximum atomic E-state index is 13.0. The van der Waals surface area contributed by atoms with E-state index in [9.17, 15) is 9.18 Å². The Bertz CT molecular complexity index is 874. The zero-order valence-corrected chi connectivity index (χ0v) is 14.5. The van der Waals surface area contributed by atoms with Crippen molar-refractivity contribution in [2.75, 3.05) is 6.61 Å². The summed E-state index contributed by atoms with van der Waals surface area (Å²) in [5.41, 5.74) is 1.18. The third-order valence-corrected chi connectivity index (χ3v) is 4.53. The van der Waals surface area contributed by atoms with Crippen LogP contribution in [0.3, 0.4) is 0 Å². The monoisotopic (exact) mass is 361 g/mol. The third-order valence-electron chi connectivity index (χ3n) is 3.51. The Hall–Kier alpha value is -2.61. The van der Waals surface area contributed by atoms with Crippen LogP contribution in [0.15, 0.2) is 46.2 Å². The molecule has 25 heavy (non-hydrogen) atoms. The van der Waals surface area contributed by atoms with E-state index >= 15 is 0 Å². The van der Waals surface area contributed by atoms with Crippen LogP contribution < -0.4 is 0 Å². The minimum Gasteiger partial charge on any atom is -0.468 e. The van der Waals surface area contributed by atoms with Crippen molar-refractivity contribution in [2.24, 2.45) is 7.05 Å². The number of nitrogens with zero attached hydrogens (tertiary/aromatic N) is 3. The van der Waals surface area contributed by atoms with Crippen LogP contribution in [0, 0.1) is 5.82 Å². The number of carbonyl (C=O) groups is 1. The first-order chi connectivity index (χ1) is 12.1. The van der Waals surface area contributed by atoms with Crippen LogP contribution in [0.1, 0.15) is 23.0 Å². The molecule has 0 saturated heterocycles.